The van der Waals surface area contributed by atoms with E-state index >= 15 is 0 Å². The quantitative estimate of drug-likeness (QED) is 0.843. The number of hydrogen-bond donors (Lipinski definition) is 1. The molecule has 2 aromatic heterocycles. The highest BCUT2D eigenvalue weighted by atomic mass is 32.1. The molecule has 2 rings (SSSR count). The molecule has 0 saturated heterocycles. The van der Waals surface area contributed by atoms with Crippen LogP contribution in [0.4, 0.5) is 5.82 Å². The molecule has 5 nitrogen and oxygen atoms in total. The summed E-state index contributed by atoms with van der Waals surface area (Å²) in [5.41, 5.74) is 0.878. The van der Waals surface area contributed by atoms with Gasteiger partial charge in [0.25, 0.3) is 0 Å². The topological polar surface area (TPSA) is 64.1 Å². The van der Waals surface area contributed by atoms with Crippen molar-refractivity contribution in [2.24, 2.45) is 0 Å². The van der Waals surface area contributed by atoms with Gasteiger partial charge in [0.2, 0.25) is 0 Å². The van der Waals surface area contributed by atoms with Crippen molar-refractivity contribution in [3.05, 3.63) is 17.8 Å². The predicted octanol–water partition coefficient (Wildman–Crippen LogP) is 2.05. The van der Waals surface area contributed by atoms with Crippen LogP contribution < -0.4 is 5.32 Å². The molecular weight excluding hydrogens is 238 g/mol. The SMILES string of the molecule is CCOC(=O)C(C)Nc1ncnc2ccsc12. The standard InChI is InChI=1S/C11H13N3O2S/c1-3-16-11(15)7(2)14-10-9-8(4-5-17-9)12-6-13-10/h4-7H,3H2,1-2H3,(H,12,13,14). The summed E-state index contributed by atoms with van der Waals surface area (Å²) in [5.74, 6) is 0.390. The van der Waals surface area contributed by atoms with Gasteiger partial charge in [0.15, 0.2) is 0 Å². The number of hydrogen-bond acceptors (Lipinski definition) is 6. The minimum atomic E-state index is -0.421. The number of carbonyl (C=O) groups is 1. The fourth-order valence-corrected chi connectivity index (χ4v) is 2.22. The Morgan fingerprint density at radius 1 is 1.59 bits per heavy atom. The zero-order chi connectivity index (χ0) is 12.3. The van der Waals surface area contributed by atoms with E-state index < -0.39 is 6.04 Å². The second-order valence-electron chi connectivity index (χ2n) is 3.48. The van der Waals surface area contributed by atoms with Crippen LogP contribution in [0.25, 0.3) is 10.2 Å². The van der Waals surface area contributed by atoms with E-state index in [0.29, 0.717) is 12.4 Å². The molecule has 1 unspecified atom stereocenters. The molecule has 0 aliphatic carbocycles. The first-order valence-electron chi connectivity index (χ1n) is 5.33. The van der Waals surface area contributed by atoms with Gasteiger partial charge in [0.05, 0.1) is 16.8 Å². The third-order valence-electron chi connectivity index (χ3n) is 2.24. The number of nitrogens with one attached hydrogen (secondary N) is 1. The lowest BCUT2D eigenvalue weighted by molar-refractivity contribution is -0.143. The maximum Gasteiger partial charge on any atom is 0.328 e. The average molecular weight is 251 g/mol. The van der Waals surface area contributed by atoms with Gasteiger partial charge in [-0.15, -0.1) is 11.3 Å². The molecule has 0 amide bonds. The molecule has 6 heteroatoms. The number of nitrogens with zero attached hydrogens (tertiary/aromatic N) is 2. The van der Waals surface area contributed by atoms with Gasteiger partial charge in [-0.2, -0.15) is 0 Å². The molecule has 1 atom stereocenters. The lowest BCUT2D eigenvalue weighted by Crippen LogP contribution is -2.28. The Labute approximate surface area is 103 Å². The highest BCUT2D eigenvalue weighted by Crippen LogP contribution is 2.25. The minimum Gasteiger partial charge on any atom is -0.464 e. The van der Waals surface area contributed by atoms with Crippen LogP contribution in [0.3, 0.4) is 0 Å². The maximum atomic E-state index is 11.5. The summed E-state index contributed by atoms with van der Waals surface area (Å²) in [7, 11) is 0. The summed E-state index contributed by atoms with van der Waals surface area (Å²) in [4.78, 5) is 19.8. The third kappa shape index (κ3) is 2.52. The van der Waals surface area contributed by atoms with Crippen LogP contribution >= 0.6 is 11.3 Å². The van der Waals surface area contributed by atoms with Gasteiger partial charge in [-0.25, -0.2) is 14.8 Å². The van der Waals surface area contributed by atoms with E-state index in [-0.39, 0.29) is 5.97 Å². The number of carbonyl (C=O) groups excluding carboxylic acids is 1. The molecule has 0 saturated carbocycles. The van der Waals surface area contributed by atoms with Crippen molar-refractivity contribution < 1.29 is 9.53 Å². The van der Waals surface area contributed by atoms with Crippen LogP contribution in [0.5, 0.6) is 0 Å². The molecule has 17 heavy (non-hydrogen) atoms. The van der Waals surface area contributed by atoms with E-state index in [9.17, 15) is 4.79 Å². The molecular formula is C11H13N3O2S. The summed E-state index contributed by atoms with van der Waals surface area (Å²) in [6.07, 6.45) is 1.48. The van der Waals surface area contributed by atoms with Crippen molar-refractivity contribution in [3.63, 3.8) is 0 Å². The number of ether oxygens (including phenoxy) is 1. The zero-order valence-corrected chi connectivity index (χ0v) is 10.5. The number of aromatic nitrogens is 2. The maximum absolute atomic E-state index is 11.5. The average Bonchev–Trinajstić information content (AvgIpc) is 2.78. The Balaban J connectivity index is 2.18. The fraction of sp³-hybridized carbons (Fsp3) is 0.364. The number of esters is 1. The van der Waals surface area contributed by atoms with Crippen LogP contribution in [-0.4, -0.2) is 28.6 Å². The van der Waals surface area contributed by atoms with Gasteiger partial charge in [0, 0.05) is 0 Å². The second kappa shape index (κ2) is 5.09. The summed E-state index contributed by atoms with van der Waals surface area (Å²) < 4.78 is 5.88. The van der Waals surface area contributed by atoms with Gasteiger partial charge < -0.3 is 10.1 Å². The van der Waals surface area contributed by atoms with Crippen LogP contribution in [0.15, 0.2) is 17.8 Å². The van der Waals surface area contributed by atoms with Crippen molar-refractivity contribution in [1.82, 2.24) is 9.97 Å². The van der Waals surface area contributed by atoms with Gasteiger partial charge in [-0.05, 0) is 25.3 Å². The van der Waals surface area contributed by atoms with Crippen LogP contribution in [0.2, 0.25) is 0 Å². The Kier molecular flexibility index (Phi) is 3.53. The van der Waals surface area contributed by atoms with E-state index in [0.717, 1.165) is 10.2 Å². The lowest BCUT2D eigenvalue weighted by atomic mass is 10.3. The smallest absolute Gasteiger partial charge is 0.328 e. The summed E-state index contributed by atoms with van der Waals surface area (Å²) in [5, 5.41) is 4.98. The van der Waals surface area contributed by atoms with Gasteiger partial charge in [-0.3, -0.25) is 0 Å². The van der Waals surface area contributed by atoms with Crippen LogP contribution in [0, 0.1) is 0 Å². The Morgan fingerprint density at radius 2 is 2.41 bits per heavy atom. The predicted molar refractivity (Wildman–Crippen MR) is 67.1 cm³/mol. The largest absolute Gasteiger partial charge is 0.464 e. The van der Waals surface area contributed by atoms with Gasteiger partial charge in [0.1, 0.15) is 18.2 Å². The molecule has 0 aromatic carbocycles. The first-order valence-corrected chi connectivity index (χ1v) is 6.21. The Bertz CT molecular complexity index is 526. The molecule has 0 aliphatic heterocycles. The van der Waals surface area contributed by atoms with Gasteiger partial charge in [-0.1, -0.05) is 0 Å². The van der Waals surface area contributed by atoms with Crippen molar-refractivity contribution in [2.75, 3.05) is 11.9 Å². The number of thiophene rings is 1. The van der Waals surface area contributed by atoms with Crippen LogP contribution in [-0.2, 0) is 9.53 Å². The summed E-state index contributed by atoms with van der Waals surface area (Å²) in [6.45, 7) is 3.91. The molecule has 0 fully saturated rings. The molecule has 1 N–H and O–H groups in total. The molecule has 0 spiro atoms. The van der Waals surface area contributed by atoms with Crippen molar-refractivity contribution in [3.8, 4) is 0 Å². The molecule has 2 heterocycles. The highest BCUT2D eigenvalue weighted by molar-refractivity contribution is 7.17. The van der Waals surface area contributed by atoms with Crippen molar-refractivity contribution >= 4 is 33.3 Å². The van der Waals surface area contributed by atoms with E-state index in [1.807, 2.05) is 11.4 Å². The number of anilines is 1. The zero-order valence-electron chi connectivity index (χ0n) is 9.64. The summed E-state index contributed by atoms with van der Waals surface area (Å²) >= 11 is 1.54. The fourth-order valence-electron chi connectivity index (χ4n) is 1.42. The monoisotopic (exact) mass is 251 g/mol. The lowest BCUT2D eigenvalue weighted by Gasteiger charge is -2.13. The molecule has 0 radical (unpaired) electrons. The van der Waals surface area contributed by atoms with Crippen LogP contribution in [0.1, 0.15) is 13.8 Å². The van der Waals surface area contributed by atoms with E-state index in [2.05, 4.69) is 15.3 Å². The molecule has 0 bridgehead atoms. The van der Waals surface area contributed by atoms with Crippen molar-refractivity contribution in [2.45, 2.75) is 19.9 Å². The Morgan fingerprint density at radius 3 is 3.18 bits per heavy atom. The normalized spacial score (nSPS) is 12.4. The first-order chi connectivity index (χ1) is 8.22. The third-order valence-corrected chi connectivity index (χ3v) is 3.15. The van der Waals surface area contributed by atoms with E-state index in [1.54, 1.807) is 25.2 Å². The van der Waals surface area contributed by atoms with Gasteiger partial charge >= 0.3 is 5.97 Å². The highest BCUT2D eigenvalue weighted by Gasteiger charge is 2.15. The molecule has 0 aliphatic rings. The number of rotatable bonds is 4. The Hall–Kier alpha value is -1.69. The van der Waals surface area contributed by atoms with E-state index in [1.165, 1.54) is 6.33 Å². The molecule has 90 valence electrons. The van der Waals surface area contributed by atoms with E-state index in [4.69, 9.17) is 4.74 Å². The summed E-state index contributed by atoms with van der Waals surface area (Å²) in [6, 6.07) is 1.50. The number of fused-ring (bicyclic) bond motifs is 1. The van der Waals surface area contributed by atoms with Crippen molar-refractivity contribution in [1.29, 1.82) is 0 Å². The first kappa shape index (κ1) is 11.8. The second-order valence-corrected chi connectivity index (χ2v) is 4.39. The minimum absolute atomic E-state index is 0.282. The molecule has 2 aromatic rings.